The fraction of sp³-hybridized carbons (Fsp3) is 0.500. The summed E-state index contributed by atoms with van der Waals surface area (Å²) >= 11 is 1.15. The molecule has 1 saturated heterocycles. The molecule has 0 aromatic heterocycles. The second-order valence-electron chi connectivity index (χ2n) is 7.15. The molecule has 0 unspecified atom stereocenters. The molecule has 2 rings (SSSR count). The quantitative estimate of drug-likeness (QED) is 0.809. The molecule has 1 aliphatic heterocycles. The van der Waals surface area contributed by atoms with Gasteiger partial charge in [-0.3, -0.25) is 4.79 Å². The van der Waals surface area contributed by atoms with Crippen molar-refractivity contribution in [1.82, 2.24) is 0 Å². The smallest absolute Gasteiger partial charge is 0.400 e. The van der Waals surface area contributed by atoms with Crippen LogP contribution in [-0.2, 0) is 20.6 Å². The highest BCUT2D eigenvalue weighted by molar-refractivity contribution is 8.13. The Labute approximate surface area is 153 Å². The number of thioether (sulfide) groups is 1. The third kappa shape index (κ3) is 4.73. The lowest BCUT2D eigenvalue weighted by atomic mass is 9.78. The van der Waals surface area contributed by atoms with E-state index in [2.05, 4.69) is 0 Å². The Kier molecular flexibility index (Phi) is 6.15. The van der Waals surface area contributed by atoms with Crippen LogP contribution in [0.15, 0.2) is 23.7 Å². The van der Waals surface area contributed by atoms with Gasteiger partial charge in [-0.15, -0.1) is 0 Å². The molecule has 4 nitrogen and oxygen atoms in total. The summed E-state index contributed by atoms with van der Waals surface area (Å²) in [7, 11) is -0.627. The Hall–Kier alpha value is -1.15. The van der Waals surface area contributed by atoms with Gasteiger partial charge in [-0.2, -0.15) is 0 Å². The van der Waals surface area contributed by atoms with E-state index in [9.17, 15) is 9.18 Å². The summed E-state index contributed by atoms with van der Waals surface area (Å²) in [5.41, 5.74) is 6.60. The van der Waals surface area contributed by atoms with Crippen molar-refractivity contribution in [2.75, 3.05) is 5.75 Å². The second kappa shape index (κ2) is 7.62. The highest BCUT2D eigenvalue weighted by Gasteiger charge is 2.52. The molecule has 7 heteroatoms. The number of benzene rings is 1. The number of halogens is 1. The summed E-state index contributed by atoms with van der Waals surface area (Å²) in [5.74, 6) is 0.0254. The van der Waals surface area contributed by atoms with Crippen molar-refractivity contribution in [2.24, 2.45) is 5.73 Å². The summed E-state index contributed by atoms with van der Waals surface area (Å²) < 4.78 is 26.3. The molecular formula is C18H25BFNO3S. The molecule has 0 amide bonds. The SMILES string of the molecule is CC(=O)SCC(=Cc1cc(CN)ccc1F)B1OC(C)(C)C(C)(C)O1. The molecule has 25 heavy (non-hydrogen) atoms. The van der Waals surface area contributed by atoms with Crippen molar-refractivity contribution in [2.45, 2.75) is 52.4 Å². The van der Waals surface area contributed by atoms with E-state index in [0.29, 0.717) is 23.3 Å². The molecule has 0 bridgehead atoms. The molecule has 1 aromatic rings. The van der Waals surface area contributed by atoms with E-state index < -0.39 is 18.3 Å². The Balaban J connectivity index is 2.38. The summed E-state index contributed by atoms with van der Waals surface area (Å²) in [6.45, 7) is 9.66. The van der Waals surface area contributed by atoms with Gasteiger partial charge in [-0.1, -0.05) is 23.9 Å². The van der Waals surface area contributed by atoms with Crippen LogP contribution in [0.3, 0.4) is 0 Å². The first kappa shape index (κ1) is 20.2. The number of nitrogens with two attached hydrogens (primary N) is 1. The van der Waals surface area contributed by atoms with Gasteiger partial charge < -0.3 is 15.0 Å². The van der Waals surface area contributed by atoms with Crippen LogP contribution in [0.5, 0.6) is 0 Å². The largest absolute Gasteiger partial charge is 0.491 e. The van der Waals surface area contributed by atoms with Gasteiger partial charge >= 0.3 is 7.12 Å². The summed E-state index contributed by atoms with van der Waals surface area (Å²) in [5, 5.41) is -0.0152. The van der Waals surface area contributed by atoms with Crippen molar-refractivity contribution in [1.29, 1.82) is 0 Å². The predicted octanol–water partition coefficient (Wildman–Crippen LogP) is 3.58. The molecule has 1 aliphatic rings. The predicted molar refractivity (Wildman–Crippen MR) is 101 cm³/mol. The maximum absolute atomic E-state index is 14.2. The molecule has 1 fully saturated rings. The van der Waals surface area contributed by atoms with Gasteiger partial charge in [0.05, 0.1) is 11.2 Å². The monoisotopic (exact) mass is 365 g/mol. The number of carbonyl (C=O) groups excluding carboxylic acids is 1. The summed E-state index contributed by atoms with van der Waals surface area (Å²) in [6.07, 6.45) is 1.70. The van der Waals surface area contributed by atoms with Crippen molar-refractivity contribution in [3.8, 4) is 0 Å². The Morgan fingerprint density at radius 1 is 1.28 bits per heavy atom. The topological polar surface area (TPSA) is 61.6 Å². The zero-order valence-electron chi connectivity index (χ0n) is 15.4. The Bertz CT molecular complexity index is 675. The van der Waals surface area contributed by atoms with Crippen LogP contribution >= 0.6 is 11.8 Å². The van der Waals surface area contributed by atoms with Crippen molar-refractivity contribution in [3.05, 3.63) is 40.6 Å². The Morgan fingerprint density at radius 3 is 2.40 bits per heavy atom. The van der Waals surface area contributed by atoms with Crippen LogP contribution in [0.25, 0.3) is 6.08 Å². The van der Waals surface area contributed by atoms with Gasteiger partial charge in [0.2, 0.25) is 0 Å². The van der Waals surface area contributed by atoms with Crippen molar-refractivity contribution in [3.63, 3.8) is 0 Å². The average molecular weight is 365 g/mol. The maximum atomic E-state index is 14.2. The van der Waals surface area contributed by atoms with Gasteiger partial charge in [-0.25, -0.2) is 4.39 Å². The summed E-state index contributed by atoms with van der Waals surface area (Å²) in [4.78, 5) is 11.4. The highest BCUT2D eigenvalue weighted by Crippen LogP contribution is 2.39. The molecular weight excluding hydrogens is 340 g/mol. The molecule has 0 aliphatic carbocycles. The van der Waals surface area contributed by atoms with Crippen LogP contribution in [0.1, 0.15) is 45.7 Å². The number of hydrogen-bond acceptors (Lipinski definition) is 5. The van der Waals surface area contributed by atoms with Gasteiger partial charge in [0, 0.05) is 24.8 Å². The van der Waals surface area contributed by atoms with E-state index in [-0.39, 0.29) is 10.9 Å². The zero-order valence-corrected chi connectivity index (χ0v) is 16.2. The van der Waals surface area contributed by atoms with E-state index >= 15 is 0 Å². The van der Waals surface area contributed by atoms with Crippen molar-refractivity contribution < 1.29 is 18.5 Å². The van der Waals surface area contributed by atoms with Gasteiger partial charge in [0.25, 0.3) is 0 Å². The van der Waals surface area contributed by atoms with Gasteiger partial charge in [-0.05, 0) is 50.9 Å². The number of rotatable bonds is 5. The van der Waals surface area contributed by atoms with Crippen LogP contribution in [0.2, 0.25) is 0 Å². The highest BCUT2D eigenvalue weighted by atomic mass is 32.2. The van der Waals surface area contributed by atoms with E-state index in [0.717, 1.165) is 17.3 Å². The van der Waals surface area contributed by atoms with E-state index in [1.807, 2.05) is 27.7 Å². The lowest BCUT2D eigenvalue weighted by Crippen LogP contribution is -2.41. The first-order chi connectivity index (χ1) is 11.6. The molecule has 0 saturated carbocycles. The fourth-order valence-electron chi connectivity index (χ4n) is 2.39. The summed E-state index contributed by atoms with van der Waals surface area (Å²) in [6, 6.07) is 4.76. The zero-order chi connectivity index (χ0) is 18.8. The van der Waals surface area contributed by atoms with Crippen LogP contribution in [0, 0.1) is 5.82 Å². The molecule has 0 spiro atoms. The normalized spacial score (nSPS) is 19.3. The molecule has 1 heterocycles. The molecule has 0 atom stereocenters. The minimum absolute atomic E-state index is 0.0152. The second-order valence-corrected chi connectivity index (χ2v) is 8.30. The third-order valence-corrected chi connectivity index (χ3v) is 5.52. The maximum Gasteiger partial charge on any atom is 0.491 e. The molecule has 1 aromatic carbocycles. The van der Waals surface area contributed by atoms with Crippen molar-refractivity contribution >= 4 is 30.1 Å². The third-order valence-electron chi connectivity index (χ3n) is 4.64. The molecule has 2 N–H and O–H groups in total. The minimum atomic E-state index is -0.627. The molecule has 0 radical (unpaired) electrons. The lowest BCUT2D eigenvalue weighted by molar-refractivity contribution is -0.109. The average Bonchev–Trinajstić information content (AvgIpc) is 2.73. The molecule has 136 valence electrons. The van der Waals surface area contributed by atoms with Gasteiger partial charge in [0.1, 0.15) is 5.82 Å². The number of carbonyl (C=O) groups is 1. The van der Waals surface area contributed by atoms with E-state index in [4.69, 9.17) is 15.0 Å². The fourth-order valence-corrected chi connectivity index (χ4v) is 2.98. The van der Waals surface area contributed by atoms with Crippen LogP contribution in [-0.4, -0.2) is 29.2 Å². The standard InChI is InChI=1S/C18H25BFNO3S/c1-12(22)25-11-15(19-23-17(2,3)18(4,5)24-19)9-14-8-13(10-21)6-7-16(14)20/h6-9H,10-11,21H2,1-5H3. The minimum Gasteiger partial charge on any atom is -0.400 e. The number of hydrogen-bond donors (Lipinski definition) is 1. The Morgan fingerprint density at radius 2 is 1.88 bits per heavy atom. The van der Waals surface area contributed by atoms with E-state index in [1.165, 1.54) is 13.0 Å². The first-order valence-electron chi connectivity index (χ1n) is 8.23. The first-order valence-corrected chi connectivity index (χ1v) is 9.22. The van der Waals surface area contributed by atoms with E-state index in [1.54, 1.807) is 18.2 Å². The van der Waals surface area contributed by atoms with Crippen LogP contribution < -0.4 is 5.73 Å². The lowest BCUT2D eigenvalue weighted by Gasteiger charge is -2.32. The van der Waals surface area contributed by atoms with Gasteiger partial charge in [0.15, 0.2) is 5.12 Å². The van der Waals surface area contributed by atoms with Crippen LogP contribution in [0.4, 0.5) is 4.39 Å².